The molecule has 3 N–H and O–H groups in total. The van der Waals surface area contributed by atoms with Crippen LogP contribution in [0.5, 0.6) is 5.75 Å². The number of aryl methyl sites for hydroxylation is 1. The maximum absolute atomic E-state index is 7.69. The van der Waals surface area contributed by atoms with Crippen molar-refractivity contribution in [1.29, 1.82) is 0 Å². The molecule has 0 bridgehead atoms. The summed E-state index contributed by atoms with van der Waals surface area (Å²) in [4.78, 5) is 21.0. The Kier molecular flexibility index (Phi) is 7.34. The fourth-order valence-corrected chi connectivity index (χ4v) is 6.37. The number of pyridine rings is 1. The van der Waals surface area contributed by atoms with Gasteiger partial charge >= 0.3 is 0 Å². The van der Waals surface area contributed by atoms with E-state index in [0.717, 1.165) is 111 Å². The van der Waals surface area contributed by atoms with Crippen LogP contribution in [0, 0.1) is 0 Å². The van der Waals surface area contributed by atoms with Crippen LogP contribution in [0.15, 0.2) is 24.4 Å². The number of methoxy groups -OCH3 is 1. The van der Waals surface area contributed by atoms with Crippen molar-refractivity contribution in [3.63, 3.8) is 0 Å². The van der Waals surface area contributed by atoms with Gasteiger partial charge in [-0.15, -0.1) is 0 Å². The van der Waals surface area contributed by atoms with Crippen molar-refractivity contribution in [2.75, 3.05) is 82.5 Å². The molecule has 6 rings (SSSR count). The summed E-state index contributed by atoms with van der Waals surface area (Å²) in [6.07, 6.45) is 6.45. The molecule has 3 fully saturated rings. The monoisotopic (exact) mass is 563 g/mol. The molecule has 3 aliphatic rings. The zero-order chi connectivity index (χ0) is 30.8. The Labute approximate surface area is 247 Å². The average Bonchev–Trinajstić information content (AvgIpc) is 3.05. The van der Waals surface area contributed by atoms with E-state index in [1.807, 2.05) is 0 Å². The zero-order valence-electron chi connectivity index (χ0n) is 27.2. The normalized spacial score (nSPS) is 21.4. The molecule has 3 aromatic rings. The number of rotatable bonds is 7. The molecule has 0 amide bonds. The number of aromatic nitrogens is 3. The molecule has 10 nitrogen and oxygen atoms in total. The van der Waals surface area contributed by atoms with Crippen molar-refractivity contribution in [3.05, 3.63) is 30.1 Å². The van der Waals surface area contributed by atoms with Gasteiger partial charge in [0.1, 0.15) is 22.6 Å². The summed E-state index contributed by atoms with van der Waals surface area (Å²) < 4.78 is 34.5. The minimum Gasteiger partial charge on any atom is -0.495 e. The molecule has 0 radical (unpaired) electrons. The summed E-state index contributed by atoms with van der Waals surface area (Å²) >= 11 is 0. The Balaban J connectivity index is 1.21. The van der Waals surface area contributed by atoms with Crippen LogP contribution in [0.3, 0.4) is 0 Å². The van der Waals surface area contributed by atoms with E-state index in [-0.39, 0.29) is 0 Å². The Bertz CT molecular complexity index is 1450. The number of piperazine rings is 1. The third kappa shape index (κ3) is 5.91. The fraction of sp³-hybridized carbons (Fsp3) is 0.581. The predicted octanol–water partition coefficient (Wildman–Crippen LogP) is 3.65. The van der Waals surface area contributed by atoms with Crippen LogP contribution < -0.4 is 20.7 Å². The Hall–Kier alpha value is -3.21. The Morgan fingerprint density at radius 2 is 1.83 bits per heavy atom. The smallest absolute Gasteiger partial charge is 0.151 e. The van der Waals surface area contributed by atoms with Gasteiger partial charge in [0.15, 0.2) is 5.82 Å². The van der Waals surface area contributed by atoms with Crippen molar-refractivity contribution >= 4 is 28.4 Å². The molecule has 0 spiro atoms. The lowest BCUT2D eigenvalue weighted by molar-refractivity contribution is 0.0903. The van der Waals surface area contributed by atoms with Crippen molar-refractivity contribution in [3.8, 4) is 16.9 Å². The molecular weight excluding hydrogens is 516 g/mol. The predicted molar refractivity (Wildman–Crippen MR) is 165 cm³/mol. The highest BCUT2D eigenvalue weighted by molar-refractivity contribution is 5.97. The van der Waals surface area contributed by atoms with Gasteiger partial charge in [-0.25, -0.2) is 15.0 Å². The number of ether oxygens (including phenoxy) is 2. The zero-order valence-corrected chi connectivity index (χ0v) is 24.2. The molecule has 5 heterocycles. The van der Waals surface area contributed by atoms with Crippen molar-refractivity contribution < 1.29 is 13.6 Å². The number of piperidine rings is 1. The first-order chi connectivity index (χ1) is 21.2. The number of nitrogens with two attached hydrogens (primary N) is 1. The van der Waals surface area contributed by atoms with E-state index >= 15 is 0 Å². The molecule has 0 saturated carbocycles. The molecule has 41 heavy (non-hydrogen) atoms. The maximum atomic E-state index is 7.69. The number of hydrogen-bond donors (Lipinski definition) is 2. The number of nitrogens with one attached hydrogen (secondary N) is 1. The second-order valence-electron chi connectivity index (χ2n) is 11.3. The van der Waals surface area contributed by atoms with Crippen molar-refractivity contribution in [2.24, 2.45) is 0 Å². The minimum atomic E-state index is -2.00. The van der Waals surface area contributed by atoms with Gasteiger partial charge in [0, 0.05) is 80.4 Å². The van der Waals surface area contributed by atoms with E-state index in [9.17, 15) is 0 Å². The molecule has 220 valence electrons. The second kappa shape index (κ2) is 12.3. The van der Waals surface area contributed by atoms with E-state index in [4.69, 9.17) is 29.3 Å². The van der Waals surface area contributed by atoms with Crippen LogP contribution in [-0.4, -0.2) is 103 Å². The van der Waals surface area contributed by atoms with Gasteiger partial charge in [0.25, 0.3) is 0 Å². The number of benzene rings is 1. The van der Waals surface area contributed by atoms with Crippen LogP contribution in [0.4, 0.5) is 17.3 Å². The number of fused-ring (bicyclic) bond motifs is 1. The Morgan fingerprint density at radius 1 is 1.05 bits per heavy atom. The summed E-state index contributed by atoms with van der Waals surface area (Å²) in [5.74, 6) is 1.97. The lowest BCUT2D eigenvalue weighted by atomic mass is 10.00. The van der Waals surface area contributed by atoms with Crippen molar-refractivity contribution in [1.82, 2.24) is 24.8 Å². The van der Waals surface area contributed by atoms with Crippen LogP contribution in [0.1, 0.15) is 42.4 Å². The van der Waals surface area contributed by atoms with Gasteiger partial charge in [-0.1, -0.05) is 13.0 Å². The van der Waals surface area contributed by atoms with Gasteiger partial charge in [-0.2, -0.15) is 0 Å². The third-order valence-corrected chi connectivity index (χ3v) is 8.82. The van der Waals surface area contributed by atoms with Crippen molar-refractivity contribution in [2.45, 2.75) is 51.1 Å². The van der Waals surface area contributed by atoms with E-state index in [2.05, 4.69) is 45.2 Å². The molecule has 3 saturated heterocycles. The SMILES string of the molecule is [2H]C([2H])([2H])N1CCN(C2CCN(c3ccc(-c4cnc(N)c5nc(CC)c(NC6CCOCC6)nc45)cc3OC)CC2)CC1. The van der Waals surface area contributed by atoms with E-state index in [0.29, 0.717) is 36.5 Å². The number of nitrogen functional groups attached to an aromatic ring is 1. The molecule has 0 unspecified atom stereocenters. The maximum Gasteiger partial charge on any atom is 0.151 e. The summed E-state index contributed by atoms with van der Waals surface area (Å²) in [5.41, 5.74) is 11.4. The van der Waals surface area contributed by atoms with Gasteiger partial charge in [-0.3, -0.25) is 4.90 Å². The second-order valence-corrected chi connectivity index (χ2v) is 11.3. The fourth-order valence-electron chi connectivity index (χ4n) is 6.37. The summed E-state index contributed by atoms with van der Waals surface area (Å²) in [7, 11) is 1.71. The average molecular weight is 564 g/mol. The van der Waals surface area contributed by atoms with Gasteiger partial charge in [0.2, 0.25) is 0 Å². The van der Waals surface area contributed by atoms with Gasteiger partial charge < -0.3 is 30.3 Å². The van der Waals surface area contributed by atoms with Crippen LogP contribution in [0.25, 0.3) is 22.2 Å². The molecule has 0 atom stereocenters. The first-order valence-corrected chi connectivity index (χ1v) is 15.0. The minimum absolute atomic E-state index is 0.297. The highest BCUT2D eigenvalue weighted by Gasteiger charge is 2.28. The quantitative estimate of drug-likeness (QED) is 0.443. The van der Waals surface area contributed by atoms with Gasteiger partial charge in [0.05, 0.1) is 18.5 Å². The lowest BCUT2D eigenvalue weighted by Crippen LogP contribution is -2.52. The van der Waals surface area contributed by atoms with E-state index in [1.165, 1.54) is 0 Å². The van der Waals surface area contributed by atoms with Gasteiger partial charge in [-0.05, 0) is 56.8 Å². The molecular formula is C31H44N8O2. The summed E-state index contributed by atoms with van der Waals surface area (Å²) in [6.45, 7) is 6.20. The number of hydrogen-bond acceptors (Lipinski definition) is 10. The molecule has 1 aromatic carbocycles. The third-order valence-electron chi connectivity index (χ3n) is 8.82. The molecule has 3 aliphatic heterocycles. The first-order valence-electron chi connectivity index (χ1n) is 16.5. The Morgan fingerprint density at radius 3 is 2.54 bits per heavy atom. The van der Waals surface area contributed by atoms with Crippen LogP contribution >= 0.6 is 0 Å². The molecule has 0 aliphatic carbocycles. The van der Waals surface area contributed by atoms with E-state index in [1.54, 1.807) is 18.2 Å². The number of nitrogens with zero attached hydrogens (tertiary/aromatic N) is 6. The largest absolute Gasteiger partial charge is 0.495 e. The lowest BCUT2D eigenvalue weighted by Gasteiger charge is -2.42. The standard InChI is InChI=1S/C31H44N8O2/c1-4-25-31(34-22-9-17-41-18-10-22)36-28-24(20-33-30(32)29(28)35-25)21-5-6-26(27(19-21)40-3)39-11-7-23(8-12-39)38-15-13-37(2)14-16-38/h5-6,19-20,22-23H,4,7-18H2,1-3H3,(H2,32,33)(H,34,36)/i2D3. The molecule has 10 heteroatoms. The topological polar surface area (TPSA) is 105 Å². The number of likely N-dealkylation sites (N-methyl/N-ethyl adjacent to an activating group) is 1. The van der Waals surface area contributed by atoms with Crippen LogP contribution in [0.2, 0.25) is 0 Å². The highest BCUT2D eigenvalue weighted by Crippen LogP contribution is 2.38. The highest BCUT2D eigenvalue weighted by atomic mass is 16.5. The number of anilines is 3. The molecule has 2 aromatic heterocycles. The van der Waals surface area contributed by atoms with E-state index < -0.39 is 6.98 Å². The summed E-state index contributed by atoms with van der Waals surface area (Å²) in [5, 5.41) is 3.62. The first kappa shape index (κ1) is 24.4. The summed E-state index contributed by atoms with van der Waals surface area (Å²) in [6, 6.07) is 7.05. The van der Waals surface area contributed by atoms with Crippen LogP contribution in [-0.2, 0) is 11.2 Å².